The highest BCUT2D eigenvalue weighted by atomic mass is 79.9. The van der Waals surface area contributed by atoms with Crippen LogP contribution in [0, 0.1) is 13.8 Å². The first kappa shape index (κ1) is 22.0. The molecule has 0 spiro atoms. The number of rotatable bonds is 5. The molecule has 0 saturated carbocycles. The van der Waals surface area contributed by atoms with Gasteiger partial charge in [-0.1, -0.05) is 30.3 Å². The number of pyridine rings is 1. The van der Waals surface area contributed by atoms with Crippen LogP contribution in [0.2, 0.25) is 0 Å². The van der Waals surface area contributed by atoms with Crippen LogP contribution in [0.1, 0.15) is 27.3 Å². The Balaban J connectivity index is 1.46. The lowest BCUT2D eigenvalue weighted by Gasteiger charge is -2.11. The molecule has 0 saturated heterocycles. The topological polar surface area (TPSA) is 77.6 Å². The number of nitrogens with one attached hydrogen (secondary N) is 1. The van der Waals surface area contributed by atoms with Gasteiger partial charge in [-0.25, -0.2) is 4.98 Å². The first-order valence-corrected chi connectivity index (χ1v) is 11.7. The van der Waals surface area contributed by atoms with Gasteiger partial charge in [-0.15, -0.1) is 0 Å². The van der Waals surface area contributed by atoms with Gasteiger partial charge in [0.1, 0.15) is 0 Å². The summed E-state index contributed by atoms with van der Waals surface area (Å²) in [6.07, 6.45) is 3.64. The van der Waals surface area contributed by atoms with Crippen LogP contribution in [-0.2, 0) is 13.6 Å². The highest BCUT2D eigenvalue weighted by molar-refractivity contribution is 9.10. The lowest BCUT2D eigenvalue weighted by atomic mass is 10.0. The van der Waals surface area contributed by atoms with Crippen molar-refractivity contribution in [2.45, 2.75) is 20.4 Å². The highest BCUT2D eigenvalue weighted by Gasteiger charge is 2.15. The van der Waals surface area contributed by atoms with Crippen LogP contribution >= 0.6 is 15.9 Å². The molecule has 3 heterocycles. The van der Waals surface area contributed by atoms with Gasteiger partial charge in [0.2, 0.25) is 0 Å². The average molecular weight is 515 g/mol. The van der Waals surface area contributed by atoms with E-state index >= 15 is 0 Å². The fourth-order valence-corrected chi connectivity index (χ4v) is 4.30. The minimum absolute atomic E-state index is 0.185. The van der Waals surface area contributed by atoms with Gasteiger partial charge < -0.3 is 5.32 Å². The summed E-state index contributed by atoms with van der Waals surface area (Å²) in [7, 11) is 1.86. The Morgan fingerprint density at radius 1 is 1.09 bits per heavy atom. The van der Waals surface area contributed by atoms with E-state index in [0.29, 0.717) is 17.8 Å². The van der Waals surface area contributed by atoms with Crippen LogP contribution < -0.4 is 5.32 Å². The fraction of sp³-hybridized carbons (Fsp3) is 0.154. The van der Waals surface area contributed by atoms with Gasteiger partial charge >= 0.3 is 0 Å². The van der Waals surface area contributed by atoms with Gasteiger partial charge in [-0.05, 0) is 59.6 Å². The standard InChI is InChI=1S/C26H23BrN6O/c1-16-25(27)17(2)33(31-16)14-18-7-6-8-20(11-18)29-26(34)22-12-24(19-13-28-32(3)15-19)30-23-10-5-4-9-21(22)23/h4-13,15H,14H2,1-3H3,(H,29,34). The van der Waals surface area contributed by atoms with E-state index in [1.54, 1.807) is 10.9 Å². The fourth-order valence-electron chi connectivity index (χ4n) is 4.01. The number of carbonyl (C=O) groups is 1. The van der Waals surface area contributed by atoms with Crippen molar-refractivity contribution < 1.29 is 4.79 Å². The molecule has 0 radical (unpaired) electrons. The lowest BCUT2D eigenvalue weighted by Crippen LogP contribution is -2.13. The van der Waals surface area contributed by atoms with E-state index < -0.39 is 0 Å². The summed E-state index contributed by atoms with van der Waals surface area (Å²) < 4.78 is 4.70. The SMILES string of the molecule is Cc1nn(Cc2cccc(NC(=O)c3cc(-c4cnn(C)c4)nc4ccccc34)c2)c(C)c1Br. The molecule has 0 fully saturated rings. The summed E-state index contributed by atoms with van der Waals surface area (Å²) in [5.41, 5.74) is 6.70. The van der Waals surface area contributed by atoms with Gasteiger partial charge in [0.05, 0.1) is 45.4 Å². The Labute approximate surface area is 205 Å². The summed E-state index contributed by atoms with van der Waals surface area (Å²) in [4.78, 5) is 18.1. The smallest absolute Gasteiger partial charge is 0.256 e. The normalized spacial score (nSPS) is 11.2. The maximum atomic E-state index is 13.4. The Morgan fingerprint density at radius 3 is 2.65 bits per heavy atom. The van der Waals surface area contributed by atoms with Crippen molar-refractivity contribution in [3.05, 3.63) is 94.0 Å². The number of para-hydroxylation sites is 1. The molecular formula is C26H23BrN6O. The van der Waals surface area contributed by atoms with Crippen LogP contribution in [0.4, 0.5) is 5.69 Å². The monoisotopic (exact) mass is 514 g/mol. The highest BCUT2D eigenvalue weighted by Crippen LogP contribution is 2.26. The number of halogens is 1. The number of aromatic nitrogens is 5. The van der Waals surface area contributed by atoms with E-state index in [-0.39, 0.29) is 5.91 Å². The first-order valence-electron chi connectivity index (χ1n) is 10.9. The van der Waals surface area contributed by atoms with Crippen molar-refractivity contribution in [2.24, 2.45) is 7.05 Å². The van der Waals surface area contributed by atoms with Crippen molar-refractivity contribution in [3.8, 4) is 11.3 Å². The Morgan fingerprint density at radius 2 is 1.91 bits per heavy atom. The third kappa shape index (κ3) is 4.24. The largest absolute Gasteiger partial charge is 0.322 e. The molecule has 2 aromatic carbocycles. The molecule has 1 amide bonds. The number of hydrogen-bond acceptors (Lipinski definition) is 4. The molecule has 0 atom stereocenters. The van der Waals surface area contributed by atoms with Crippen LogP contribution in [0.15, 0.2) is 71.5 Å². The van der Waals surface area contributed by atoms with Crippen molar-refractivity contribution >= 4 is 38.4 Å². The maximum absolute atomic E-state index is 13.4. The molecule has 34 heavy (non-hydrogen) atoms. The average Bonchev–Trinajstić information content (AvgIpc) is 3.37. The van der Waals surface area contributed by atoms with Crippen molar-refractivity contribution in [3.63, 3.8) is 0 Å². The number of anilines is 1. The number of fused-ring (bicyclic) bond motifs is 1. The van der Waals surface area contributed by atoms with Gasteiger partial charge in [0.15, 0.2) is 0 Å². The molecule has 3 aromatic heterocycles. The van der Waals surface area contributed by atoms with E-state index in [2.05, 4.69) is 31.4 Å². The van der Waals surface area contributed by atoms with E-state index in [1.165, 1.54) is 0 Å². The van der Waals surface area contributed by atoms with Crippen molar-refractivity contribution in [1.29, 1.82) is 0 Å². The molecule has 0 unspecified atom stereocenters. The Kier molecular flexibility index (Phi) is 5.75. The molecule has 5 rings (SSSR count). The van der Waals surface area contributed by atoms with Crippen LogP contribution in [0.3, 0.4) is 0 Å². The molecular weight excluding hydrogens is 492 g/mol. The second kappa shape index (κ2) is 8.87. The van der Waals surface area contributed by atoms with Crippen LogP contribution in [-0.4, -0.2) is 30.5 Å². The van der Waals surface area contributed by atoms with E-state index in [9.17, 15) is 4.79 Å². The predicted molar refractivity (Wildman–Crippen MR) is 137 cm³/mol. The van der Waals surface area contributed by atoms with Crippen LogP contribution in [0.25, 0.3) is 22.2 Å². The molecule has 0 aliphatic heterocycles. The zero-order chi connectivity index (χ0) is 23.8. The second-order valence-electron chi connectivity index (χ2n) is 8.27. The number of aryl methyl sites for hydroxylation is 2. The summed E-state index contributed by atoms with van der Waals surface area (Å²) in [6.45, 7) is 4.62. The Bertz CT molecular complexity index is 1530. The minimum atomic E-state index is -0.185. The van der Waals surface area contributed by atoms with E-state index in [1.807, 2.05) is 86.4 Å². The summed E-state index contributed by atoms with van der Waals surface area (Å²) in [6, 6.07) is 17.3. The number of nitrogens with zero attached hydrogens (tertiary/aromatic N) is 5. The number of carbonyl (C=O) groups excluding carboxylic acids is 1. The molecule has 8 heteroatoms. The Hall–Kier alpha value is -3.78. The summed E-state index contributed by atoms with van der Waals surface area (Å²) >= 11 is 3.58. The van der Waals surface area contributed by atoms with Crippen LogP contribution in [0.5, 0.6) is 0 Å². The maximum Gasteiger partial charge on any atom is 0.256 e. The van der Waals surface area contributed by atoms with Crippen molar-refractivity contribution in [2.75, 3.05) is 5.32 Å². The van der Waals surface area contributed by atoms with E-state index in [4.69, 9.17) is 4.98 Å². The van der Waals surface area contributed by atoms with Crippen molar-refractivity contribution in [1.82, 2.24) is 24.5 Å². The van der Waals surface area contributed by atoms with Gasteiger partial charge in [-0.3, -0.25) is 14.2 Å². The molecule has 7 nitrogen and oxygen atoms in total. The molecule has 0 aliphatic rings. The third-order valence-corrected chi connectivity index (χ3v) is 6.92. The van der Waals surface area contributed by atoms with Gasteiger partial charge in [-0.2, -0.15) is 10.2 Å². The lowest BCUT2D eigenvalue weighted by molar-refractivity contribution is 0.102. The molecule has 1 N–H and O–H groups in total. The molecule has 0 bridgehead atoms. The summed E-state index contributed by atoms with van der Waals surface area (Å²) in [5, 5.41) is 12.7. The number of amides is 1. The molecule has 5 aromatic rings. The zero-order valence-corrected chi connectivity index (χ0v) is 20.7. The number of hydrogen-bond donors (Lipinski definition) is 1. The molecule has 0 aliphatic carbocycles. The third-order valence-electron chi connectivity index (χ3n) is 5.77. The second-order valence-corrected chi connectivity index (χ2v) is 9.06. The van der Waals surface area contributed by atoms with Gasteiger partial charge in [0.25, 0.3) is 5.91 Å². The van der Waals surface area contributed by atoms with E-state index in [0.717, 1.165) is 43.6 Å². The minimum Gasteiger partial charge on any atom is -0.322 e. The van der Waals surface area contributed by atoms with Gasteiger partial charge in [0, 0.05) is 29.9 Å². The predicted octanol–water partition coefficient (Wildman–Crippen LogP) is 5.51. The summed E-state index contributed by atoms with van der Waals surface area (Å²) in [5.74, 6) is -0.185. The molecule has 170 valence electrons. The number of benzene rings is 2. The quantitative estimate of drug-likeness (QED) is 0.335. The first-order chi connectivity index (χ1) is 16.4. The zero-order valence-electron chi connectivity index (χ0n) is 19.1.